The smallest absolute Gasteiger partial charge is 0.164 e. The Kier molecular flexibility index (Phi) is 3.47. The van der Waals surface area contributed by atoms with Crippen LogP contribution >= 0.6 is 43.5 Å². The van der Waals surface area contributed by atoms with Crippen LogP contribution in [-0.2, 0) is 5.33 Å². The van der Waals surface area contributed by atoms with Gasteiger partial charge in [0.25, 0.3) is 0 Å². The summed E-state index contributed by atoms with van der Waals surface area (Å²) in [4.78, 5) is 0. The largest absolute Gasteiger partial charge is 0.307 e. The van der Waals surface area contributed by atoms with E-state index in [0.717, 1.165) is 27.0 Å². The van der Waals surface area contributed by atoms with E-state index in [1.54, 1.807) is 0 Å². The van der Waals surface area contributed by atoms with Crippen molar-refractivity contribution in [3.63, 3.8) is 0 Å². The molecule has 94 valence electrons. The first-order valence-corrected chi connectivity index (χ1v) is 7.95. The Labute approximate surface area is 127 Å². The van der Waals surface area contributed by atoms with E-state index >= 15 is 0 Å². The number of nitrogens with zero attached hydrogens (tertiary/aromatic N) is 3. The molecule has 0 N–H and O–H groups in total. The molecule has 1 aliphatic carbocycles. The Morgan fingerprint density at radius 3 is 2.72 bits per heavy atom. The van der Waals surface area contributed by atoms with Crippen LogP contribution in [0, 0.1) is 0 Å². The zero-order chi connectivity index (χ0) is 12.7. The molecule has 18 heavy (non-hydrogen) atoms. The summed E-state index contributed by atoms with van der Waals surface area (Å²) >= 11 is 13.0. The molecule has 0 bridgehead atoms. The third-order valence-electron chi connectivity index (χ3n) is 2.98. The molecule has 3 rings (SSSR count). The molecule has 1 heterocycles. The van der Waals surface area contributed by atoms with Crippen LogP contribution in [0.4, 0.5) is 0 Å². The Balaban J connectivity index is 2.10. The molecule has 0 unspecified atom stereocenters. The van der Waals surface area contributed by atoms with Gasteiger partial charge in [-0.15, -0.1) is 10.2 Å². The summed E-state index contributed by atoms with van der Waals surface area (Å²) in [6, 6.07) is 6.42. The van der Waals surface area contributed by atoms with Crippen LogP contribution in [0.5, 0.6) is 0 Å². The second-order valence-corrected chi connectivity index (χ2v) is 6.13. The summed E-state index contributed by atoms with van der Waals surface area (Å²) in [6.45, 7) is 0. The van der Waals surface area contributed by atoms with Crippen LogP contribution in [-0.4, -0.2) is 14.8 Å². The van der Waals surface area contributed by atoms with Crippen molar-refractivity contribution in [3.8, 4) is 11.4 Å². The molecule has 6 heteroatoms. The standard InChI is InChI=1S/C12H10Br2ClN3/c13-6-11-16-17-12(18(11)8-2-3-8)7-1-4-9(14)10(15)5-7/h1,4-5,8H,2-3,6H2. The topological polar surface area (TPSA) is 30.7 Å². The third kappa shape index (κ3) is 2.24. The maximum atomic E-state index is 6.14. The minimum absolute atomic E-state index is 0.546. The van der Waals surface area contributed by atoms with Crippen LogP contribution < -0.4 is 0 Å². The maximum absolute atomic E-state index is 6.14. The van der Waals surface area contributed by atoms with Gasteiger partial charge in [-0.2, -0.15) is 0 Å². The predicted octanol–water partition coefficient (Wildman–Crippen LogP) is 4.59. The van der Waals surface area contributed by atoms with Crippen molar-refractivity contribution in [3.05, 3.63) is 33.5 Å². The lowest BCUT2D eigenvalue weighted by atomic mass is 10.2. The highest BCUT2D eigenvalue weighted by atomic mass is 79.9. The first-order valence-electron chi connectivity index (χ1n) is 5.66. The Morgan fingerprint density at radius 1 is 1.33 bits per heavy atom. The van der Waals surface area contributed by atoms with Crippen molar-refractivity contribution in [1.29, 1.82) is 0 Å². The minimum Gasteiger partial charge on any atom is -0.307 e. The lowest BCUT2D eigenvalue weighted by Crippen LogP contribution is -2.01. The van der Waals surface area contributed by atoms with Gasteiger partial charge in [0.1, 0.15) is 5.82 Å². The molecule has 1 aliphatic rings. The van der Waals surface area contributed by atoms with E-state index in [2.05, 4.69) is 46.6 Å². The predicted molar refractivity (Wildman–Crippen MR) is 79.1 cm³/mol. The van der Waals surface area contributed by atoms with Crippen molar-refractivity contribution in [2.75, 3.05) is 0 Å². The summed E-state index contributed by atoms with van der Waals surface area (Å²) < 4.78 is 3.11. The molecule has 3 nitrogen and oxygen atoms in total. The van der Waals surface area contributed by atoms with E-state index in [1.807, 2.05) is 18.2 Å². The quantitative estimate of drug-likeness (QED) is 0.717. The minimum atomic E-state index is 0.546. The van der Waals surface area contributed by atoms with Gasteiger partial charge in [-0.25, -0.2) is 0 Å². The molecule has 1 aromatic carbocycles. The van der Waals surface area contributed by atoms with Crippen LogP contribution in [0.3, 0.4) is 0 Å². The number of benzene rings is 1. The molecular formula is C12H10Br2ClN3. The average Bonchev–Trinajstić information content (AvgIpc) is 3.12. The average molecular weight is 391 g/mol. The molecule has 0 atom stereocenters. The molecule has 0 saturated heterocycles. The van der Waals surface area contributed by atoms with E-state index in [0.29, 0.717) is 11.1 Å². The summed E-state index contributed by atoms with van der Waals surface area (Å²) in [5.41, 5.74) is 1.01. The van der Waals surface area contributed by atoms with Crippen LogP contribution in [0.2, 0.25) is 5.02 Å². The number of hydrogen-bond donors (Lipinski definition) is 0. The fraction of sp³-hybridized carbons (Fsp3) is 0.333. The summed E-state index contributed by atoms with van der Waals surface area (Å²) in [7, 11) is 0. The summed E-state index contributed by atoms with van der Waals surface area (Å²) in [6.07, 6.45) is 2.41. The number of alkyl halides is 1. The highest BCUT2D eigenvalue weighted by molar-refractivity contribution is 9.10. The fourth-order valence-electron chi connectivity index (χ4n) is 1.96. The summed E-state index contributed by atoms with van der Waals surface area (Å²) in [5.74, 6) is 1.88. The Bertz CT molecular complexity index is 593. The van der Waals surface area contributed by atoms with Crippen LogP contribution in [0.15, 0.2) is 22.7 Å². The molecule has 0 spiro atoms. The van der Waals surface area contributed by atoms with E-state index in [-0.39, 0.29) is 0 Å². The van der Waals surface area contributed by atoms with Crippen molar-refractivity contribution in [2.45, 2.75) is 24.2 Å². The molecule has 0 radical (unpaired) electrons. The number of halogens is 3. The molecule has 0 aliphatic heterocycles. The number of hydrogen-bond acceptors (Lipinski definition) is 2. The van der Waals surface area contributed by atoms with Crippen molar-refractivity contribution in [2.24, 2.45) is 0 Å². The number of aromatic nitrogens is 3. The monoisotopic (exact) mass is 389 g/mol. The van der Waals surface area contributed by atoms with E-state index in [4.69, 9.17) is 11.6 Å². The third-order valence-corrected chi connectivity index (χ3v) is 4.71. The van der Waals surface area contributed by atoms with Gasteiger partial charge in [-0.3, -0.25) is 0 Å². The molecule has 1 fully saturated rings. The second-order valence-electron chi connectivity index (χ2n) is 4.30. The zero-order valence-electron chi connectivity index (χ0n) is 9.41. The van der Waals surface area contributed by atoms with E-state index < -0.39 is 0 Å². The Morgan fingerprint density at radius 2 is 2.11 bits per heavy atom. The molecule has 1 aromatic heterocycles. The fourth-order valence-corrected chi connectivity index (χ4v) is 2.77. The van der Waals surface area contributed by atoms with Crippen molar-refractivity contribution in [1.82, 2.24) is 14.8 Å². The first kappa shape index (κ1) is 12.6. The normalized spacial score (nSPS) is 15.1. The number of rotatable bonds is 3. The van der Waals surface area contributed by atoms with Crippen LogP contribution in [0.25, 0.3) is 11.4 Å². The van der Waals surface area contributed by atoms with Gasteiger partial charge in [0.2, 0.25) is 0 Å². The van der Waals surface area contributed by atoms with E-state index in [9.17, 15) is 0 Å². The van der Waals surface area contributed by atoms with Crippen LogP contribution in [0.1, 0.15) is 24.7 Å². The van der Waals surface area contributed by atoms with Crippen molar-refractivity contribution < 1.29 is 0 Å². The Hall–Kier alpha value is -0.390. The maximum Gasteiger partial charge on any atom is 0.164 e. The lowest BCUT2D eigenvalue weighted by Gasteiger charge is -2.08. The van der Waals surface area contributed by atoms with Gasteiger partial charge in [0.15, 0.2) is 5.82 Å². The first-order chi connectivity index (χ1) is 8.70. The van der Waals surface area contributed by atoms with Crippen molar-refractivity contribution >= 4 is 43.5 Å². The lowest BCUT2D eigenvalue weighted by molar-refractivity contribution is 0.714. The molecule has 0 amide bonds. The van der Waals surface area contributed by atoms with Gasteiger partial charge < -0.3 is 4.57 Å². The van der Waals surface area contributed by atoms with Gasteiger partial charge in [-0.1, -0.05) is 27.5 Å². The molecule has 1 saturated carbocycles. The van der Waals surface area contributed by atoms with Gasteiger partial charge in [0.05, 0.1) is 10.4 Å². The zero-order valence-corrected chi connectivity index (χ0v) is 13.3. The molecular weight excluding hydrogens is 381 g/mol. The van der Waals surface area contributed by atoms with E-state index in [1.165, 1.54) is 12.8 Å². The van der Waals surface area contributed by atoms with Gasteiger partial charge in [0, 0.05) is 16.1 Å². The second kappa shape index (κ2) is 4.94. The highest BCUT2D eigenvalue weighted by Crippen LogP contribution is 2.40. The summed E-state index contributed by atoms with van der Waals surface area (Å²) in [5, 5.41) is 9.95. The SMILES string of the molecule is Clc1cc(-c2nnc(CBr)n2C2CC2)ccc1Br. The van der Waals surface area contributed by atoms with Gasteiger partial charge in [-0.05, 0) is 47.0 Å². The van der Waals surface area contributed by atoms with Gasteiger partial charge >= 0.3 is 0 Å². The highest BCUT2D eigenvalue weighted by Gasteiger charge is 2.29. The molecule has 2 aromatic rings.